The van der Waals surface area contributed by atoms with E-state index < -0.39 is 0 Å². The van der Waals surface area contributed by atoms with Gasteiger partial charge in [0.15, 0.2) is 0 Å². The maximum absolute atomic E-state index is 12.8. The van der Waals surface area contributed by atoms with Crippen LogP contribution in [0.5, 0.6) is 0 Å². The van der Waals surface area contributed by atoms with Crippen molar-refractivity contribution in [1.29, 1.82) is 0 Å². The molecule has 2 aliphatic rings. The SMILES string of the molecule is CCN1CCC[C@@H]1[C@H]1CCCN1C(=O)CCc1c(C)noc1C. The van der Waals surface area contributed by atoms with Crippen molar-refractivity contribution in [3.05, 3.63) is 17.0 Å². The van der Waals surface area contributed by atoms with Crippen LogP contribution >= 0.6 is 0 Å². The number of likely N-dealkylation sites (N-methyl/N-ethyl adjacent to an activating group) is 1. The molecule has 3 heterocycles. The normalized spacial score (nSPS) is 25.4. The van der Waals surface area contributed by atoms with Gasteiger partial charge < -0.3 is 9.42 Å². The molecule has 5 nitrogen and oxygen atoms in total. The van der Waals surface area contributed by atoms with Crippen molar-refractivity contribution in [3.8, 4) is 0 Å². The summed E-state index contributed by atoms with van der Waals surface area (Å²) in [5.74, 6) is 1.15. The van der Waals surface area contributed by atoms with Gasteiger partial charge in [0.1, 0.15) is 5.76 Å². The van der Waals surface area contributed by atoms with Crippen LogP contribution in [0.1, 0.15) is 56.0 Å². The molecule has 0 N–H and O–H groups in total. The molecule has 2 fully saturated rings. The average molecular weight is 319 g/mol. The third-order valence-corrected chi connectivity index (χ3v) is 5.65. The second-order valence-electron chi connectivity index (χ2n) is 6.94. The third-order valence-electron chi connectivity index (χ3n) is 5.65. The highest BCUT2D eigenvalue weighted by Crippen LogP contribution is 2.30. The van der Waals surface area contributed by atoms with Crippen molar-refractivity contribution >= 4 is 5.91 Å². The smallest absolute Gasteiger partial charge is 0.223 e. The van der Waals surface area contributed by atoms with Gasteiger partial charge in [-0.05, 0) is 59.0 Å². The summed E-state index contributed by atoms with van der Waals surface area (Å²) in [6, 6.07) is 1.00. The van der Waals surface area contributed by atoms with Crippen LogP contribution in [0, 0.1) is 13.8 Å². The topological polar surface area (TPSA) is 49.6 Å². The molecule has 1 amide bonds. The van der Waals surface area contributed by atoms with Gasteiger partial charge in [-0.15, -0.1) is 0 Å². The lowest BCUT2D eigenvalue weighted by Gasteiger charge is -2.34. The van der Waals surface area contributed by atoms with E-state index in [0.29, 0.717) is 24.4 Å². The highest BCUT2D eigenvalue weighted by atomic mass is 16.5. The zero-order chi connectivity index (χ0) is 16.4. The summed E-state index contributed by atoms with van der Waals surface area (Å²) in [5.41, 5.74) is 2.02. The second-order valence-corrected chi connectivity index (χ2v) is 6.94. The second kappa shape index (κ2) is 7.04. The first-order valence-corrected chi connectivity index (χ1v) is 9.07. The summed E-state index contributed by atoms with van der Waals surface area (Å²) in [6.45, 7) is 9.33. The standard InChI is InChI=1S/C18H29N3O2/c1-4-20-11-5-7-16(20)17-8-6-12-21(17)18(22)10-9-15-13(2)19-23-14(15)3/h16-17H,4-12H2,1-3H3/t16-,17-/m1/s1. The maximum atomic E-state index is 12.8. The monoisotopic (exact) mass is 319 g/mol. The van der Waals surface area contributed by atoms with Crippen molar-refractivity contribution in [2.75, 3.05) is 19.6 Å². The van der Waals surface area contributed by atoms with Gasteiger partial charge in [-0.3, -0.25) is 9.69 Å². The molecule has 0 spiro atoms. The van der Waals surface area contributed by atoms with Crippen LogP contribution in [0.2, 0.25) is 0 Å². The molecule has 128 valence electrons. The Bertz CT molecular complexity index is 535. The number of likely N-dealkylation sites (tertiary alicyclic amines) is 2. The Morgan fingerprint density at radius 2 is 1.96 bits per heavy atom. The van der Waals surface area contributed by atoms with Gasteiger partial charge in [-0.25, -0.2) is 0 Å². The van der Waals surface area contributed by atoms with Crippen LogP contribution in [0.15, 0.2) is 4.52 Å². The molecule has 0 bridgehead atoms. The van der Waals surface area contributed by atoms with Crippen LogP contribution in [-0.2, 0) is 11.2 Å². The first-order valence-electron chi connectivity index (χ1n) is 9.07. The molecule has 5 heteroatoms. The van der Waals surface area contributed by atoms with E-state index in [2.05, 4.69) is 21.9 Å². The van der Waals surface area contributed by atoms with Gasteiger partial charge in [-0.1, -0.05) is 12.1 Å². The fourth-order valence-electron chi connectivity index (χ4n) is 4.42. The number of carbonyl (C=O) groups excluding carboxylic acids is 1. The largest absolute Gasteiger partial charge is 0.361 e. The van der Waals surface area contributed by atoms with E-state index in [4.69, 9.17) is 4.52 Å². The van der Waals surface area contributed by atoms with Crippen molar-refractivity contribution < 1.29 is 9.32 Å². The Balaban J connectivity index is 1.62. The minimum Gasteiger partial charge on any atom is -0.361 e. The molecule has 0 aliphatic carbocycles. The highest BCUT2D eigenvalue weighted by molar-refractivity contribution is 5.77. The van der Waals surface area contributed by atoms with Crippen molar-refractivity contribution in [1.82, 2.24) is 15.0 Å². The zero-order valence-corrected chi connectivity index (χ0v) is 14.7. The summed E-state index contributed by atoms with van der Waals surface area (Å²) in [6.07, 6.45) is 6.14. The quantitative estimate of drug-likeness (QED) is 0.837. The number of nitrogens with zero attached hydrogens (tertiary/aromatic N) is 3. The molecule has 0 aromatic carbocycles. The van der Waals surface area contributed by atoms with Gasteiger partial charge in [-0.2, -0.15) is 0 Å². The van der Waals surface area contributed by atoms with E-state index in [1.807, 2.05) is 13.8 Å². The molecule has 1 aromatic heterocycles. The van der Waals surface area contributed by atoms with Gasteiger partial charge in [0, 0.05) is 30.6 Å². The van der Waals surface area contributed by atoms with Gasteiger partial charge in [0.05, 0.1) is 5.69 Å². The highest BCUT2D eigenvalue weighted by Gasteiger charge is 2.38. The number of amides is 1. The molecule has 0 unspecified atom stereocenters. The number of hydrogen-bond acceptors (Lipinski definition) is 4. The molecular formula is C18H29N3O2. The molecule has 0 radical (unpaired) electrons. The predicted molar refractivity (Wildman–Crippen MR) is 89.3 cm³/mol. The van der Waals surface area contributed by atoms with E-state index in [1.54, 1.807) is 0 Å². The van der Waals surface area contributed by atoms with E-state index in [9.17, 15) is 4.79 Å². The number of hydrogen-bond donors (Lipinski definition) is 0. The molecule has 23 heavy (non-hydrogen) atoms. The lowest BCUT2D eigenvalue weighted by Crippen LogP contribution is -2.48. The zero-order valence-electron chi connectivity index (χ0n) is 14.7. The average Bonchev–Trinajstić information content (AvgIpc) is 3.25. The first kappa shape index (κ1) is 16.5. The van der Waals surface area contributed by atoms with Gasteiger partial charge in [0.25, 0.3) is 0 Å². The molecule has 2 saturated heterocycles. The Morgan fingerprint density at radius 1 is 1.22 bits per heavy atom. The third kappa shape index (κ3) is 3.30. The summed E-state index contributed by atoms with van der Waals surface area (Å²) in [5, 5.41) is 3.98. The Morgan fingerprint density at radius 3 is 2.65 bits per heavy atom. The number of aromatic nitrogens is 1. The predicted octanol–water partition coefficient (Wildman–Crippen LogP) is 2.70. The van der Waals surface area contributed by atoms with Crippen LogP contribution in [0.25, 0.3) is 0 Å². The Labute approximate surface area is 139 Å². The van der Waals surface area contributed by atoms with Crippen LogP contribution < -0.4 is 0 Å². The molecular weight excluding hydrogens is 290 g/mol. The maximum Gasteiger partial charge on any atom is 0.223 e. The van der Waals surface area contributed by atoms with Gasteiger partial charge >= 0.3 is 0 Å². The Hall–Kier alpha value is -1.36. The number of carbonyl (C=O) groups is 1. The molecule has 0 saturated carbocycles. The number of aryl methyl sites for hydroxylation is 2. The van der Waals surface area contributed by atoms with Gasteiger partial charge in [0.2, 0.25) is 5.91 Å². The number of rotatable bonds is 5. The van der Waals surface area contributed by atoms with Crippen LogP contribution in [-0.4, -0.2) is 52.6 Å². The molecule has 3 rings (SSSR count). The van der Waals surface area contributed by atoms with Crippen LogP contribution in [0.3, 0.4) is 0 Å². The van der Waals surface area contributed by atoms with E-state index in [-0.39, 0.29) is 0 Å². The first-order chi connectivity index (χ1) is 11.1. The molecule has 2 atom stereocenters. The lowest BCUT2D eigenvalue weighted by molar-refractivity contribution is -0.133. The minimum atomic E-state index is 0.301. The Kier molecular flexibility index (Phi) is 5.05. The van der Waals surface area contributed by atoms with E-state index >= 15 is 0 Å². The molecule has 1 aromatic rings. The van der Waals surface area contributed by atoms with Crippen LogP contribution in [0.4, 0.5) is 0 Å². The summed E-state index contributed by atoms with van der Waals surface area (Å²) >= 11 is 0. The summed E-state index contributed by atoms with van der Waals surface area (Å²) in [4.78, 5) is 17.5. The van der Waals surface area contributed by atoms with Crippen molar-refractivity contribution in [2.24, 2.45) is 0 Å². The summed E-state index contributed by atoms with van der Waals surface area (Å²) < 4.78 is 5.20. The minimum absolute atomic E-state index is 0.301. The lowest BCUT2D eigenvalue weighted by atomic mass is 10.0. The summed E-state index contributed by atoms with van der Waals surface area (Å²) in [7, 11) is 0. The van der Waals surface area contributed by atoms with E-state index in [1.165, 1.54) is 19.4 Å². The van der Waals surface area contributed by atoms with Crippen molar-refractivity contribution in [3.63, 3.8) is 0 Å². The fourth-order valence-corrected chi connectivity index (χ4v) is 4.42. The van der Waals surface area contributed by atoms with Crippen molar-refractivity contribution in [2.45, 2.75) is 71.4 Å². The fraction of sp³-hybridized carbons (Fsp3) is 0.778. The molecule has 2 aliphatic heterocycles. The van der Waals surface area contributed by atoms with E-state index in [0.717, 1.165) is 49.4 Å².